The number of nitrogens with zero attached hydrogens (tertiary/aromatic N) is 3. The summed E-state index contributed by atoms with van der Waals surface area (Å²) in [5, 5.41) is 11.5. The molecular weight excluding hydrogens is 224 g/mol. The lowest BCUT2D eigenvalue weighted by atomic mass is 10.0. The Kier molecular flexibility index (Phi) is 1.85. The molecule has 0 spiro atoms. The maximum absolute atomic E-state index is 4.29. The van der Waals surface area contributed by atoms with E-state index in [4.69, 9.17) is 0 Å². The second-order valence-electron chi connectivity index (χ2n) is 4.70. The molecule has 4 heteroatoms. The summed E-state index contributed by atoms with van der Waals surface area (Å²) in [4.78, 5) is 0. The molecule has 1 aliphatic heterocycles. The second-order valence-corrected chi connectivity index (χ2v) is 4.70. The van der Waals surface area contributed by atoms with Gasteiger partial charge in [0.25, 0.3) is 0 Å². The Labute approximate surface area is 105 Å². The van der Waals surface area contributed by atoms with Gasteiger partial charge in [-0.15, -0.1) is 5.10 Å². The molecule has 18 heavy (non-hydrogen) atoms. The summed E-state index contributed by atoms with van der Waals surface area (Å²) in [6.45, 7) is 0.891. The van der Waals surface area contributed by atoms with Gasteiger partial charge >= 0.3 is 0 Å². The van der Waals surface area contributed by atoms with Crippen molar-refractivity contribution in [2.24, 2.45) is 0 Å². The fraction of sp³-hybridized carbons (Fsp3) is 0.143. The molecule has 0 radical (unpaired) electrons. The summed E-state index contributed by atoms with van der Waals surface area (Å²) in [6, 6.07) is 10.6. The van der Waals surface area contributed by atoms with Crippen LogP contribution in [0.4, 0.5) is 5.69 Å². The van der Waals surface area contributed by atoms with Gasteiger partial charge in [0.15, 0.2) is 0 Å². The summed E-state index contributed by atoms with van der Waals surface area (Å²) < 4.78 is 0. The minimum Gasteiger partial charge on any atom is -0.318 e. The molecule has 0 saturated heterocycles. The van der Waals surface area contributed by atoms with Gasteiger partial charge in [-0.05, 0) is 23.8 Å². The van der Waals surface area contributed by atoms with Gasteiger partial charge in [0.2, 0.25) is 0 Å². The van der Waals surface area contributed by atoms with E-state index in [2.05, 4.69) is 44.9 Å². The van der Waals surface area contributed by atoms with Gasteiger partial charge in [-0.1, -0.05) is 12.1 Å². The summed E-state index contributed by atoms with van der Waals surface area (Å²) in [7, 11) is 2.05. The van der Waals surface area contributed by atoms with Gasteiger partial charge in [-0.3, -0.25) is 0 Å². The van der Waals surface area contributed by atoms with Crippen molar-refractivity contribution in [3.63, 3.8) is 0 Å². The summed E-state index contributed by atoms with van der Waals surface area (Å²) in [5.41, 5.74) is 9.25. The topological polar surface area (TPSA) is 41.1 Å². The first kappa shape index (κ1) is 9.79. The van der Waals surface area contributed by atoms with Crippen molar-refractivity contribution in [1.29, 1.82) is 0 Å². The summed E-state index contributed by atoms with van der Waals surface area (Å²) in [5.74, 6) is 0. The number of rotatable bonds is 0. The third-order valence-electron chi connectivity index (χ3n) is 3.47. The van der Waals surface area contributed by atoms with Gasteiger partial charge in [-0.2, -0.15) is 5.10 Å². The lowest BCUT2D eigenvalue weighted by Crippen LogP contribution is -2.27. The lowest BCUT2D eigenvalue weighted by Gasteiger charge is -2.25. The maximum atomic E-state index is 4.29. The van der Waals surface area contributed by atoms with E-state index in [0.29, 0.717) is 0 Å². The highest BCUT2D eigenvalue weighted by molar-refractivity contribution is 6.00. The van der Waals surface area contributed by atoms with Crippen LogP contribution in [-0.2, 0) is 6.54 Å². The summed E-state index contributed by atoms with van der Waals surface area (Å²) in [6.07, 6.45) is 1.74. The zero-order valence-electron chi connectivity index (χ0n) is 10.0. The largest absolute Gasteiger partial charge is 0.318 e. The molecule has 2 heterocycles. The fourth-order valence-electron chi connectivity index (χ4n) is 2.71. The predicted molar refractivity (Wildman–Crippen MR) is 71.2 cm³/mol. The first-order valence-corrected chi connectivity index (χ1v) is 5.97. The molecule has 0 bridgehead atoms. The average molecular weight is 236 g/mol. The normalized spacial score (nSPS) is 14.9. The van der Waals surface area contributed by atoms with Crippen LogP contribution in [0.15, 0.2) is 36.5 Å². The lowest BCUT2D eigenvalue weighted by molar-refractivity contribution is 0.390. The first-order chi connectivity index (χ1) is 8.83. The smallest absolute Gasteiger partial charge is 0.101 e. The number of hydrogen-bond acceptors (Lipinski definition) is 4. The predicted octanol–water partition coefficient (Wildman–Crippen LogP) is 2.51. The van der Waals surface area contributed by atoms with Gasteiger partial charge in [0.05, 0.1) is 11.9 Å². The van der Waals surface area contributed by atoms with E-state index in [1.165, 1.54) is 16.7 Å². The Balaban J connectivity index is 2.15. The van der Waals surface area contributed by atoms with Gasteiger partial charge in [0.1, 0.15) is 5.52 Å². The first-order valence-electron chi connectivity index (χ1n) is 5.97. The minimum atomic E-state index is 0.891. The minimum absolute atomic E-state index is 0.891. The number of nitrogens with one attached hydrogen (secondary N) is 1. The highest BCUT2D eigenvalue weighted by atomic mass is 15.5. The summed E-state index contributed by atoms with van der Waals surface area (Å²) >= 11 is 0. The van der Waals surface area contributed by atoms with Crippen molar-refractivity contribution >= 4 is 16.6 Å². The van der Waals surface area contributed by atoms with Crippen LogP contribution >= 0.6 is 0 Å². The molecule has 0 unspecified atom stereocenters. The highest BCUT2D eigenvalue weighted by Crippen LogP contribution is 2.41. The van der Waals surface area contributed by atoms with Crippen LogP contribution in [0.1, 0.15) is 5.56 Å². The van der Waals surface area contributed by atoms with Crippen LogP contribution in [0.5, 0.6) is 0 Å². The van der Waals surface area contributed by atoms with Crippen LogP contribution in [0.3, 0.4) is 0 Å². The molecule has 0 atom stereocenters. The number of hydrogen-bond donors (Lipinski definition) is 1. The van der Waals surface area contributed by atoms with Crippen LogP contribution in [0.25, 0.3) is 22.0 Å². The Hall–Kier alpha value is -2.20. The molecule has 1 aromatic rings. The number of hydrazine groups is 1. The van der Waals surface area contributed by atoms with E-state index in [1.54, 1.807) is 6.20 Å². The van der Waals surface area contributed by atoms with Crippen molar-refractivity contribution in [2.75, 3.05) is 12.5 Å². The molecule has 4 nitrogen and oxygen atoms in total. The van der Waals surface area contributed by atoms with Crippen LogP contribution < -0.4 is 5.43 Å². The van der Waals surface area contributed by atoms with E-state index in [9.17, 15) is 0 Å². The monoisotopic (exact) mass is 236 g/mol. The Bertz CT molecular complexity index is 722. The van der Waals surface area contributed by atoms with Crippen molar-refractivity contribution < 1.29 is 0 Å². The zero-order valence-corrected chi connectivity index (χ0v) is 10.0. The molecular formula is C14H12N4. The van der Waals surface area contributed by atoms with E-state index >= 15 is 0 Å². The average Bonchev–Trinajstić information content (AvgIpc) is 2.72. The molecule has 0 amide bonds. The quantitative estimate of drug-likeness (QED) is 0.651. The zero-order chi connectivity index (χ0) is 12.1. The molecule has 1 aromatic heterocycles. The third-order valence-corrected chi connectivity index (χ3v) is 3.47. The van der Waals surface area contributed by atoms with Crippen LogP contribution in [0, 0.1) is 0 Å². The van der Waals surface area contributed by atoms with Crippen LogP contribution in [0.2, 0.25) is 0 Å². The van der Waals surface area contributed by atoms with Gasteiger partial charge in [-0.25, -0.2) is 5.01 Å². The molecule has 4 rings (SSSR count). The van der Waals surface area contributed by atoms with Crippen LogP contribution in [-0.4, -0.2) is 22.3 Å². The SMILES string of the molecule is CN1Cc2ccc3ccnnc3c3ccc(c2-3)N1. The molecule has 88 valence electrons. The van der Waals surface area contributed by atoms with Gasteiger partial charge < -0.3 is 5.43 Å². The van der Waals surface area contributed by atoms with Crippen molar-refractivity contribution in [1.82, 2.24) is 15.2 Å². The van der Waals surface area contributed by atoms with E-state index in [1.807, 2.05) is 13.1 Å². The highest BCUT2D eigenvalue weighted by Gasteiger charge is 2.22. The molecule has 1 N–H and O–H groups in total. The standard InChI is InChI=1S/C14H12N4/c1-18-8-10-3-2-9-6-7-15-16-14(9)11-4-5-12(17-18)13(10)11/h2-7,17H,8H2,1H3. The molecule has 0 aromatic carbocycles. The number of aromatic nitrogens is 2. The number of fused-ring (bicyclic) bond motifs is 2. The fourth-order valence-corrected chi connectivity index (χ4v) is 2.71. The Morgan fingerprint density at radius 1 is 1.17 bits per heavy atom. The Morgan fingerprint density at radius 2 is 2.11 bits per heavy atom. The van der Waals surface area contributed by atoms with Crippen molar-refractivity contribution in [3.8, 4) is 11.1 Å². The molecule has 0 fully saturated rings. The van der Waals surface area contributed by atoms with Crippen molar-refractivity contribution in [2.45, 2.75) is 6.54 Å². The Morgan fingerprint density at radius 3 is 3.06 bits per heavy atom. The molecule has 3 aliphatic rings. The third kappa shape index (κ3) is 1.23. The van der Waals surface area contributed by atoms with E-state index in [0.717, 1.165) is 23.1 Å². The van der Waals surface area contributed by atoms with Crippen molar-refractivity contribution in [3.05, 3.63) is 42.1 Å². The number of anilines is 1. The van der Waals surface area contributed by atoms with E-state index < -0.39 is 0 Å². The molecule has 2 aliphatic carbocycles. The van der Waals surface area contributed by atoms with E-state index in [-0.39, 0.29) is 0 Å². The van der Waals surface area contributed by atoms with Gasteiger partial charge in [0, 0.05) is 30.1 Å². The second kappa shape index (κ2) is 3.40. The maximum Gasteiger partial charge on any atom is 0.101 e. The molecule has 0 saturated carbocycles.